The van der Waals surface area contributed by atoms with Crippen LogP contribution in [0.5, 0.6) is 0 Å². The van der Waals surface area contributed by atoms with Gasteiger partial charge in [0.1, 0.15) is 11.0 Å². The monoisotopic (exact) mass is 266 g/mol. The van der Waals surface area contributed by atoms with Crippen molar-refractivity contribution in [2.24, 2.45) is 0 Å². The van der Waals surface area contributed by atoms with Gasteiger partial charge >= 0.3 is 0 Å². The summed E-state index contributed by atoms with van der Waals surface area (Å²) in [5, 5.41) is 6.56. The summed E-state index contributed by atoms with van der Waals surface area (Å²) in [6, 6.07) is 4.64. The largest absolute Gasteiger partial charge is 0.384 e. The maximum Gasteiger partial charge on any atom is 0.251 e. The molecule has 2 heterocycles. The number of rotatable bonds is 3. The maximum atomic E-state index is 11.8. The minimum absolute atomic E-state index is 0.177. The molecule has 0 aliphatic rings. The van der Waals surface area contributed by atoms with Gasteiger partial charge in [-0.2, -0.15) is 0 Å². The van der Waals surface area contributed by atoms with Crippen LogP contribution in [0, 0.1) is 6.92 Å². The van der Waals surface area contributed by atoms with E-state index in [1.54, 1.807) is 13.0 Å². The van der Waals surface area contributed by atoms with Crippen LogP contribution in [-0.4, -0.2) is 16.0 Å². The highest BCUT2D eigenvalue weighted by atomic mass is 35.5. The van der Waals surface area contributed by atoms with E-state index in [0.29, 0.717) is 11.3 Å². The van der Waals surface area contributed by atoms with Gasteiger partial charge in [0, 0.05) is 11.6 Å². The summed E-state index contributed by atoms with van der Waals surface area (Å²) in [5.74, 6) is 0.470. The highest BCUT2D eigenvalue weighted by Crippen LogP contribution is 2.12. The SMILES string of the molecule is Cc1cc(CNC(=O)c2cc(N)nc(Cl)c2)on1. The van der Waals surface area contributed by atoms with Crippen LogP contribution in [0.2, 0.25) is 5.15 Å². The van der Waals surface area contributed by atoms with Gasteiger partial charge in [-0.25, -0.2) is 4.98 Å². The highest BCUT2D eigenvalue weighted by Gasteiger charge is 2.09. The standard InChI is InChI=1S/C11H11ClN4O2/c1-6-2-8(18-16-6)5-14-11(17)7-3-9(12)15-10(13)4-7/h2-4H,5H2,1H3,(H2,13,15)(H,14,17). The molecule has 2 aromatic heterocycles. The van der Waals surface area contributed by atoms with E-state index < -0.39 is 0 Å². The molecule has 18 heavy (non-hydrogen) atoms. The summed E-state index contributed by atoms with van der Waals surface area (Å²) < 4.78 is 4.97. The number of aryl methyl sites for hydroxylation is 1. The third-order valence-electron chi connectivity index (χ3n) is 2.18. The Morgan fingerprint density at radius 1 is 1.50 bits per heavy atom. The Balaban J connectivity index is 2.03. The topological polar surface area (TPSA) is 94.0 Å². The van der Waals surface area contributed by atoms with Crippen molar-refractivity contribution in [2.75, 3.05) is 5.73 Å². The number of nitrogens with two attached hydrogens (primary N) is 1. The predicted molar refractivity (Wildman–Crippen MR) is 66.1 cm³/mol. The third kappa shape index (κ3) is 2.98. The number of aromatic nitrogens is 2. The molecule has 94 valence electrons. The molecule has 0 aliphatic heterocycles. The molecule has 0 fully saturated rings. The molecule has 2 rings (SSSR count). The Labute approximate surface area is 108 Å². The fourth-order valence-electron chi connectivity index (χ4n) is 1.42. The molecule has 0 saturated heterocycles. The Hall–Kier alpha value is -2.08. The minimum Gasteiger partial charge on any atom is -0.384 e. The number of nitrogens with one attached hydrogen (secondary N) is 1. The number of amides is 1. The average Bonchev–Trinajstić information content (AvgIpc) is 2.70. The number of halogens is 1. The molecule has 0 atom stereocenters. The maximum absolute atomic E-state index is 11.8. The number of hydrogen-bond acceptors (Lipinski definition) is 5. The highest BCUT2D eigenvalue weighted by molar-refractivity contribution is 6.29. The van der Waals surface area contributed by atoms with Gasteiger partial charge in [-0.15, -0.1) is 0 Å². The fourth-order valence-corrected chi connectivity index (χ4v) is 1.63. The second-order valence-corrected chi connectivity index (χ2v) is 4.11. The van der Waals surface area contributed by atoms with Crippen LogP contribution in [0.15, 0.2) is 22.7 Å². The summed E-state index contributed by atoms with van der Waals surface area (Å²) >= 11 is 5.72. The predicted octanol–water partition coefficient (Wildman–Crippen LogP) is 1.54. The molecule has 0 unspecified atom stereocenters. The van der Waals surface area contributed by atoms with Crippen molar-refractivity contribution in [2.45, 2.75) is 13.5 Å². The van der Waals surface area contributed by atoms with Crippen LogP contribution in [0.4, 0.5) is 5.82 Å². The van der Waals surface area contributed by atoms with Crippen LogP contribution < -0.4 is 11.1 Å². The zero-order valence-electron chi connectivity index (χ0n) is 9.61. The lowest BCUT2D eigenvalue weighted by atomic mass is 10.2. The Bertz CT molecular complexity index is 562. The van der Waals surface area contributed by atoms with E-state index in [9.17, 15) is 4.79 Å². The van der Waals surface area contributed by atoms with Gasteiger partial charge in [0.25, 0.3) is 5.91 Å². The van der Waals surface area contributed by atoms with Gasteiger partial charge in [0.15, 0.2) is 5.76 Å². The van der Waals surface area contributed by atoms with Crippen molar-refractivity contribution >= 4 is 23.3 Å². The molecule has 0 saturated carbocycles. The zero-order valence-corrected chi connectivity index (χ0v) is 10.4. The van der Waals surface area contributed by atoms with E-state index in [1.807, 2.05) is 0 Å². The molecule has 2 aromatic rings. The van der Waals surface area contributed by atoms with Crippen LogP contribution in [0.25, 0.3) is 0 Å². The first-order valence-electron chi connectivity index (χ1n) is 5.18. The lowest BCUT2D eigenvalue weighted by Crippen LogP contribution is -2.22. The van der Waals surface area contributed by atoms with Crippen LogP contribution in [-0.2, 0) is 6.54 Å². The minimum atomic E-state index is -0.306. The Kier molecular flexibility index (Phi) is 3.47. The molecular weight excluding hydrogens is 256 g/mol. The lowest BCUT2D eigenvalue weighted by molar-refractivity contribution is 0.0947. The van der Waals surface area contributed by atoms with E-state index in [2.05, 4.69) is 15.5 Å². The average molecular weight is 267 g/mol. The van der Waals surface area contributed by atoms with Gasteiger partial charge in [-0.3, -0.25) is 4.79 Å². The number of carbonyl (C=O) groups excluding carboxylic acids is 1. The lowest BCUT2D eigenvalue weighted by Gasteiger charge is -2.04. The summed E-state index contributed by atoms with van der Waals surface area (Å²) in [4.78, 5) is 15.6. The van der Waals surface area contributed by atoms with Crippen molar-refractivity contribution in [3.05, 3.63) is 40.4 Å². The van der Waals surface area contributed by atoms with E-state index in [4.69, 9.17) is 21.9 Å². The van der Waals surface area contributed by atoms with E-state index in [1.165, 1.54) is 12.1 Å². The molecule has 0 bridgehead atoms. The Morgan fingerprint density at radius 2 is 2.28 bits per heavy atom. The smallest absolute Gasteiger partial charge is 0.251 e. The van der Waals surface area contributed by atoms with Gasteiger partial charge in [-0.05, 0) is 19.1 Å². The molecular formula is C11H11ClN4O2. The van der Waals surface area contributed by atoms with Crippen LogP contribution >= 0.6 is 11.6 Å². The summed E-state index contributed by atoms with van der Waals surface area (Å²) in [5.41, 5.74) is 6.61. The van der Waals surface area contributed by atoms with Gasteiger partial charge in [-0.1, -0.05) is 16.8 Å². The molecule has 6 nitrogen and oxygen atoms in total. The van der Waals surface area contributed by atoms with Crippen molar-refractivity contribution in [3.8, 4) is 0 Å². The quantitative estimate of drug-likeness (QED) is 0.822. The van der Waals surface area contributed by atoms with Gasteiger partial charge in [0.2, 0.25) is 0 Å². The second kappa shape index (κ2) is 5.05. The first-order chi connectivity index (χ1) is 8.54. The fraction of sp³-hybridized carbons (Fsp3) is 0.182. The molecule has 7 heteroatoms. The molecule has 0 radical (unpaired) electrons. The summed E-state index contributed by atoms with van der Waals surface area (Å²) in [6.07, 6.45) is 0. The van der Waals surface area contributed by atoms with Crippen molar-refractivity contribution in [1.29, 1.82) is 0 Å². The number of nitrogens with zero attached hydrogens (tertiary/aromatic N) is 2. The number of hydrogen-bond donors (Lipinski definition) is 2. The first-order valence-corrected chi connectivity index (χ1v) is 5.56. The zero-order chi connectivity index (χ0) is 13.1. The van der Waals surface area contributed by atoms with Crippen LogP contribution in [0.3, 0.4) is 0 Å². The van der Waals surface area contributed by atoms with E-state index in [-0.39, 0.29) is 23.4 Å². The van der Waals surface area contributed by atoms with E-state index in [0.717, 1.165) is 5.69 Å². The first kappa shape index (κ1) is 12.4. The molecule has 0 aliphatic carbocycles. The number of nitrogen functional groups attached to an aromatic ring is 1. The number of pyridine rings is 1. The van der Waals surface area contributed by atoms with Crippen molar-refractivity contribution < 1.29 is 9.32 Å². The van der Waals surface area contributed by atoms with Gasteiger partial charge < -0.3 is 15.6 Å². The summed E-state index contributed by atoms with van der Waals surface area (Å²) in [7, 11) is 0. The molecule has 3 N–H and O–H groups in total. The van der Waals surface area contributed by atoms with Gasteiger partial charge in [0.05, 0.1) is 12.2 Å². The third-order valence-corrected chi connectivity index (χ3v) is 2.37. The normalized spacial score (nSPS) is 10.3. The molecule has 0 aromatic carbocycles. The second-order valence-electron chi connectivity index (χ2n) is 3.72. The van der Waals surface area contributed by atoms with Crippen molar-refractivity contribution in [1.82, 2.24) is 15.5 Å². The number of carbonyl (C=O) groups is 1. The van der Waals surface area contributed by atoms with Crippen molar-refractivity contribution in [3.63, 3.8) is 0 Å². The molecule has 0 spiro atoms. The van der Waals surface area contributed by atoms with E-state index >= 15 is 0 Å². The number of anilines is 1. The molecule has 1 amide bonds. The summed E-state index contributed by atoms with van der Waals surface area (Å²) in [6.45, 7) is 2.05. The van der Waals surface area contributed by atoms with Crippen LogP contribution in [0.1, 0.15) is 21.8 Å². The Morgan fingerprint density at radius 3 is 2.89 bits per heavy atom.